The van der Waals surface area contributed by atoms with Crippen LogP contribution in [0.5, 0.6) is 0 Å². The Morgan fingerprint density at radius 2 is 2.70 bits per heavy atom. The first-order valence-corrected chi connectivity index (χ1v) is 4.23. The van der Waals surface area contributed by atoms with E-state index >= 15 is 0 Å². The van der Waals surface area contributed by atoms with Crippen molar-refractivity contribution in [1.29, 1.82) is 0 Å². The number of hydrogen-bond donors (Lipinski definition) is 1. The highest BCUT2D eigenvalue weighted by Gasteiger charge is 2.00. The molecule has 0 spiro atoms. The monoisotopic (exact) mass is 176 g/mol. The van der Waals surface area contributed by atoms with E-state index in [1.807, 2.05) is 0 Å². The van der Waals surface area contributed by atoms with E-state index in [-0.39, 0.29) is 5.75 Å². The van der Waals surface area contributed by atoms with Gasteiger partial charge in [-0.15, -0.1) is 5.10 Å². The number of carboxylic acids is 1. The van der Waals surface area contributed by atoms with E-state index in [0.717, 1.165) is 0 Å². The van der Waals surface area contributed by atoms with Gasteiger partial charge in [-0.05, 0) is 11.5 Å². The Hall–Kier alpha value is -0.620. The Bertz CT molecular complexity index is 211. The molecule has 0 atom stereocenters. The molecule has 0 saturated carbocycles. The molecule has 0 saturated heterocycles. The highest BCUT2D eigenvalue weighted by Crippen LogP contribution is 2.14. The van der Waals surface area contributed by atoms with E-state index in [1.54, 1.807) is 5.38 Å². The number of aliphatic carboxylic acids is 1. The van der Waals surface area contributed by atoms with E-state index in [4.69, 9.17) is 5.11 Å². The van der Waals surface area contributed by atoms with Gasteiger partial charge in [0.1, 0.15) is 5.03 Å². The smallest absolute Gasteiger partial charge is 0.313 e. The third-order valence-corrected chi connectivity index (χ3v) is 2.22. The van der Waals surface area contributed by atoms with Gasteiger partial charge in [0.05, 0.1) is 5.75 Å². The van der Waals surface area contributed by atoms with Crippen molar-refractivity contribution in [3.05, 3.63) is 5.38 Å². The topological polar surface area (TPSA) is 63.1 Å². The summed E-state index contributed by atoms with van der Waals surface area (Å²) >= 11 is 2.39. The molecule has 10 heavy (non-hydrogen) atoms. The third-order valence-electron chi connectivity index (χ3n) is 0.684. The molecule has 0 aromatic carbocycles. The molecule has 54 valence electrons. The molecule has 4 nitrogen and oxygen atoms in total. The van der Waals surface area contributed by atoms with Crippen molar-refractivity contribution in [2.24, 2.45) is 0 Å². The first kappa shape index (κ1) is 7.49. The molecule has 0 aliphatic carbocycles. The number of aromatic nitrogens is 2. The largest absolute Gasteiger partial charge is 0.481 e. The van der Waals surface area contributed by atoms with Crippen molar-refractivity contribution < 1.29 is 9.90 Å². The van der Waals surface area contributed by atoms with E-state index < -0.39 is 5.97 Å². The molecule has 0 radical (unpaired) electrons. The molecular formula is C4H4N2O2S2. The van der Waals surface area contributed by atoms with Gasteiger partial charge in [-0.25, -0.2) is 0 Å². The van der Waals surface area contributed by atoms with Crippen LogP contribution in [-0.4, -0.2) is 26.4 Å². The summed E-state index contributed by atoms with van der Waals surface area (Å²) in [6.07, 6.45) is 0. The molecule has 1 aromatic rings. The van der Waals surface area contributed by atoms with Crippen LogP contribution in [0.25, 0.3) is 0 Å². The van der Waals surface area contributed by atoms with Crippen LogP contribution >= 0.6 is 23.3 Å². The summed E-state index contributed by atoms with van der Waals surface area (Å²) in [5.74, 6) is -0.788. The highest BCUT2D eigenvalue weighted by atomic mass is 32.2. The Labute approximate surface area is 65.4 Å². The second-order valence-corrected chi connectivity index (χ2v) is 3.03. The van der Waals surface area contributed by atoms with Crippen molar-refractivity contribution in [2.75, 3.05) is 5.75 Å². The summed E-state index contributed by atoms with van der Waals surface area (Å²) in [5.41, 5.74) is 0. The molecule has 1 N–H and O–H groups in total. The second-order valence-electron chi connectivity index (χ2n) is 1.43. The fraction of sp³-hybridized carbons (Fsp3) is 0.250. The lowest BCUT2D eigenvalue weighted by Crippen LogP contribution is -1.97. The summed E-state index contributed by atoms with van der Waals surface area (Å²) in [4.78, 5) is 10.0. The minimum atomic E-state index is -0.835. The molecule has 0 aliphatic heterocycles. The summed E-state index contributed by atoms with van der Waals surface area (Å²) in [6, 6.07) is 0. The maximum Gasteiger partial charge on any atom is 0.313 e. The van der Waals surface area contributed by atoms with Gasteiger partial charge in [0.2, 0.25) is 0 Å². The van der Waals surface area contributed by atoms with Crippen molar-refractivity contribution in [3.63, 3.8) is 0 Å². The van der Waals surface area contributed by atoms with Gasteiger partial charge in [0, 0.05) is 5.38 Å². The minimum Gasteiger partial charge on any atom is -0.481 e. The number of carbonyl (C=O) groups is 1. The van der Waals surface area contributed by atoms with Crippen LogP contribution in [-0.2, 0) is 4.79 Å². The summed E-state index contributed by atoms with van der Waals surface area (Å²) < 4.78 is 3.58. The lowest BCUT2D eigenvalue weighted by atomic mass is 10.8. The van der Waals surface area contributed by atoms with Gasteiger partial charge < -0.3 is 5.11 Å². The van der Waals surface area contributed by atoms with Crippen molar-refractivity contribution in [3.8, 4) is 0 Å². The van der Waals surface area contributed by atoms with E-state index in [0.29, 0.717) is 5.03 Å². The Morgan fingerprint density at radius 3 is 3.20 bits per heavy atom. The van der Waals surface area contributed by atoms with E-state index in [1.165, 1.54) is 23.3 Å². The zero-order valence-electron chi connectivity index (χ0n) is 4.85. The van der Waals surface area contributed by atoms with Gasteiger partial charge in [-0.2, -0.15) is 0 Å². The lowest BCUT2D eigenvalue weighted by molar-refractivity contribution is -0.133. The molecule has 0 bridgehead atoms. The van der Waals surface area contributed by atoms with Crippen LogP contribution in [0.2, 0.25) is 0 Å². The predicted octanol–water partition coefficient (Wildman–Crippen LogP) is 0.715. The Kier molecular flexibility index (Phi) is 2.64. The fourth-order valence-corrected chi connectivity index (χ4v) is 1.50. The molecule has 0 amide bonds. The normalized spacial score (nSPS) is 9.60. The first-order chi connectivity index (χ1) is 4.79. The summed E-state index contributed by atoms with van der Waals surface area (Å²) in [5, 5.41) is 14.3. The zero-order chi connectivity index (χ0) is 7.40. The minimum absolute atomic E-state index is 0.0470. The quantitative estimate of drug-likeness (QED) is 0.687. The molecular weight excluding hydrogens is 172 g/mol. The SMILES string of the molecule is O=C(O)CSc1csnn1. The average Bonchev–Trinajstić information content (AvgIpc) is 2.34. The molecule has 0 unspecified atom stereocenters. The maximum absolute atomic E-state index is 10.0. The summed E-state index contributed by atoms with van der Waals surface area (Å²) in [7, 11) is 0. The number of thioether (sulfide) groups is 1. The Balaban J connectivity index is 2.35. The average molecular weight is 176 g/mol. The van der Waals surface area contributed by atoms with Crippen molar-refractivity contribution >= 4 is 29.3 Å². The van der Waals surface area contributed by atoms with Crippen LogP contribution in [0.3, 0.4) is 0 Å². The number of rotatable bonds is 3. The van der Waals surface area contributed by atoms with Gasteiger partial charge in [-0.3, -0.25) is 4.79 Å². The van der Waals surface area contributed by atoms with Crippen LogP contribution in [0, 0.1) is 0 Å². The fourth-order valence-electron chi connectivity index (χ4n) is 0.355. The standard InChI is InChI=1S/C4H4N2O2S2/c7-4(8)2-9-3-1-10-6-5-3/h1H,2H2,(H,7,8). The Morgan fingerprint density at radius 1 is 1.90 bits per heavy atom. The second kappa shape index (κ2) is 3.52. The van der Waals surface area contributed by atoms with Crippen LogP contribution in [0.15, 0.2) is 10.4 Å². The van der Waals surface area contributed by atoms with E-state index in [9.17, 15) is 4.79 Å². The number of carboxylic acid groups (broad SMARTS) is 1. The lowest BCUT2D eigenvalue weighted by Gasteiger charge is -1.87. The predicted molar refractivity (Wildman–Crippen MR) is 38.3 cm³/mol. The van der Waals surface area contributed by atoms with Gasteiger partial charge in [0.25, 0.3) is 0 Å². The molecule has 1 aromatic heterocycles. The van der Waals surface area contributed by atoms with Gasteiger partial charge >= 0.3 is 5.97 Å². The number of hydrogen-bond acceptors (Lipinski definition) is 5. The molecule has 0 aliphatic rings. The molecule has 0 fully saturated rings. The van der Waals surface area contributed by atoms with Crippen molar-refractivity contribution in [2.45, 2.75) is 5.03 Å². The van der Waals surface area contributed by atoms with Crippen molar-refractivity contribution in [1.82, 2.24) is 9.59 Å². The van der Waals surface area contributed by atoms with E-state index in [2.05, 4.69) is 9.59 Å². The van der Waals surface area contributed by atoms with Gasteiger partial charge in [-0.1, -0.05) is 16.3 Å². The van der Waals surface area contributed by atoms with Crippen LogP contribution in [0.4, 0.5) is 0 Å². The maximum atomic E-state index is 10.0. The zero-order valence-corrected chi connectivity index (χ0v) is 6.48. The van der Waals surface area contributed by atoms with Crippen LogP contribution < -0.4 is 0 Å². The molecule has 1 heterocycles. The molecule has 1 rings (SSSR count). The first-order valence-electron chi connectivity index (χ1n) is 2.40. The third kappa shape index (κ3) is 2.32. The van der Waals surface area contributed by atoms with Crippen LogP contribution in [0.1, 0.15) is 0 Å². The summed E-state index contributed by atoms with van der Waals surface area (Å²) in [6.45, 7) is 0. The molecule has 6 heteroatoms. The van der Waals surface area contributed by atoms with Gasteiger partial charge in [0.15, 0.2) is 0 Å². The number of nitrogens with zero attached hydrogens (tertiary/aromatic N) is 2. The highest BCUT2D eigenvalue weighted by molar-refractivity contribution is 7.99.